The molecular weight excluding hydrogens is 464 g/mol. The summed E-state index contributed by atoms with van der Waals surface area (Å²) in [4.78, 5) is 25.0. The molecule has 2 aromatic rings. The van der Waals surface area contributed by atoms with E-state index in [0.717, 1.165) is 22.8 Å². The maximum absolute atomic E-state index is 11.4. The lowest BCUT2D eigenvalue weighted by molar-refractivity contribution is -0.440. The van der Waals surface area contributed by atoms with Gasteiger partial charge in [0.15, 0.2) is 18.9 Å². The summed E-state index contributed by atoms with van der Waals surface area (Å²) in [7, 11) is 0. The van der Waals surface area contributed by atoms with Crippen LogP contribution in [0.1, 0.15) is 52.7 Å². The van der Waals surface area contributed by atoms with E-state index in [9.17, 15) is 9.59 Å². The van der Waals surface area contributed by atoms with Crippen LogP contribution in [0, 0.1) is 0 Å². The van der Waals surface area contributed by atoms with Crippen molar-refractivity contribution in [3.8, 4) is 0 Å². The van der Waals surface area contributed by atoms with Crippen molar-refractivity contribution < 1.29 is 23.6 Å². The van der Waals surface area contributed by atoms with Crippen LogP contribution in [0.25, 0.3) is 0 Å². The first-order chi connectivity index (χ1) is 17.5. The smallest absolute Gasteiger partial charge is 0.302 e. The monoisotopic (exact) mass is 501 g/mol. The van der Waals surface area contributed by atoms with E-state index < -0.39 is 0 Å². The highest BCUT2D eigenvalue weighted by molar-refractivity contribution is 6.03. The van der Waals surface area contributed by atoms with Gasteiger partial charge in [0.1, 0.15) is 6.61 Å². The number of allylic oxidation sites excluding steroid dienone is 4. The van der Waals surface area contributed by atoms with Crippen molar-refractivity contribution in [2.75, 3.05) is 31.2 Å². The molecule has 4 rings (SSSR count). The van der Waals surface area contributed by atoms with Crippen LogP contribution >= 0.6 is 0 Å². The molecule has 0 unspecified atom stereocenters. The number of esters is 2. The van der Waals surface area contributed by atoms with E-state index in [4.69, 9.17) is 9.47 Å². The second-order valence-electron chi connectivity index (χ2n) is 10.6. The summed E-state index contributed by atoms with van der Waals surface area (Å²) >= 11 is 0. The van der Waals surface area contributed by atoms with Crippen molar-refractivity contribution >= 4 is 29.0 Å². The van der Waals surface area contributed by atoms with Gasteiger partial charge in [0, 0.05) is 48.4 Å². The summed E-state index contributed by atoms with van der Waals surface area (Å²) in [6, 6.07) is 16.8. The first-order valence-electron chi connectivity index (χ1n) is 12.8. The predicted molar refractivity (Wildman–Crippen MR) is 147 cm³/mol. The number of carbonyl (C=O) groups excluding carboxylic acids is 2. The van der Waals surface area contributed by atoms with Gasteiger partial charge in [-0.2, -0.15) is 4.58 Å². The lowest BCUT2D eigenvalue weighted by atomic mass is 9.81. The molecule has 0 radical (unpaired) electrons. The molecule has 0 amide bonds. The van der Waals surface area contributed by atoms with Crippen LogP contribution in [0.15, 0.2) is 72.5 Å². The average molecular weight is 502 g/mol. The predicted octanol–water partition coefficient (Wildman–Crippen LogP) is 5.43. The van der Waals surface area contributed by atoms with Gasteiger partial charge < -0.3 is 14.4 Å². The van der Waals surface area contributed by atoms with Crippen LogP contribution in [0.4, 0.5) is 11.4 Å². The van der Waals surface area contributed by atoms with Gasteiger partial charge in [-0.1, -0.05) is 56.3 Å². The molecule has 2 aliphatic heterocycles. The SMILES string of the molecule is CC(=O)OCCN1/C(=C/C=C/C2=[N+](CCOC(C)=O)c3ccccc3C2(C)C)C(C)(C)c2ccccc21. The number of hydrogen-bond donors (Lipinski definition) is 0. The molecule has 0 saturated heterocycles. The molecule has 0 aliphatic carbocycles. The molecule has 2 aliphatic rings. The van der Waals surface area contributed by atoms with Crippen LogP contribution < -0.4 is 4.90 Å². The molecule has 194 valence electrons. The number of hydrogen-bond acceptors (Lipinski definition) is 5. The van der Waals surface area contributed by atoms with Crippen molar-refractivity contribution in [1.82, 2.24) is 0 Å². The molecule has 0 bridgehead atoms. The third kappa shape index (κ3) is 5.10. The summed E-state index contributed by atoms with van der Waals surface area (Å²) in [6.07, 6.45) is 6.46. The first kappa shape index (κ1) is 26.4. The third-order valence-corrected chi connectivity index (χ3v) is 7.35. The maximum Gasteiger partial charge on any atom is 0.302 e. The lowest BCUT2D eigenvalue weighted by Gasteiger charge is -2.26. The summed E-state index contributed by atoms with van der Waals surface area (Å²) in [5.41, 5.74) is 6.68. The third-order valence-electron chi connectivity index (χ3n) is 7.35. The normalized spacial score (nSPS) is 18.3. The molecule has 0 fully saturated rings. The highest BCUT2D eigenvalue weighted by atomic mass is 16.5. The minimum atomic E-state index is -0.273. The van der Waals surface area contributed by atoms with Gasteiger partial charge in [0.25, 0.3) is 0 Å². The van der Waals surface area contributed by atoms with Crippen LogP contribution in [0.3, 0.4) is 0 Å². The number of nitrogens with zero attached hydrogens (tertiary/aromatic N) is 2. The molecule has 0 atom stereocenters. The molecule has 0 N–H and O–H groups in total. The van der Waals surface area contributed by atoms with Gasteiger partial charge in [0.2, 0.25) is 5.69 Å². The number of ether oxygens (including phenoxy) is 2. The van der Waals surface area contributed by atoms with E-state index in [2.05, 4.69) is 91.8 Å². The fourth-order valence-corrected chi connectivity index (χ4v) is 5.56. The van der Waals surface area contributed by atoms with Gasteiger partial charge in [-0.25, -0.2) is 0 Å². The Morgan fingerprint density at radius 1 is 0.865 bits per heavy atom. The van der Waals surface area contributed by atoms with Crippen molar-refractivity contribution in [3.63, 3.8) is 0 Å². The molecule has 0 aromatic heterocycles. The Morgan fingerprint density at radius 2 is 1.49 bits per heavy atom. The zero-order valence-electron chi connectivity index (χ0n) is 22.7. The Morgan fingerprint density at radius 3 is 2.19 bits per heavy atom. The van der Waals surface area contributed by atoms with E-state index in [1.807, 2.05) is 12.1 Å². The summed E-state index contributed by atoms with van der Waals surface area (Å²) < 4.78 is 12.8. The Hall–Kier alpha value is -3.67. The van der Waals surface area contributed by atoms with E-state index in [1.165, 1.54) is 25.0 Å². The highest BCUT2D eigenvalue weighted by Crippen LogP contribution is 2.47. The number of carbonyl (C=O) groups is 2. The summed E-state index contributed by atoms with van der Waals surface area (Å²) in [5, 5.41) is 0. The topological polar surface area (TPSA) is 58.9 Å². The van der Waals surface area contributed by atoms with E-state index in [-0.39, 0.29) is 22.8 Å². The second-order valence-corrected chi connectivity index (χ2v) is 10.6. The quantitative estimate of drug-likeness (QED) is 0.357. The van der Waals surface area contributed by atoms with E-state index >= 15 is 0 Å². The Bertz CT molecular complexity index is 1300. The minimum absolute atomic E-state index is 0.203. The van der Waals surface area contributed by atoms with Crippen LogP contribution in [-0.4, -0.2) is 48.5 Å². The number of anilines is 1. The van der Waals surface area contributed by atoms with Crippen molar-refractivity contribution in [2.24, 2.45) is 0 Å². The van der Waals surface area contributed by atoms with Crippen LogP contribution in [-0.2, 0) is 29.9 Å². The van der Waals surface area contributed by atoms with Gasteiger partial charge in [-0.3, -0.25) is 9.59 Å². The highest BCUT2D eigenvalue weighted by Gasteiger charge is 2.44. The molecule has 0 saturated carbocycles. The van der Waals surface area contributed by atoms with Gasteiger partial charge in [-0.05, 0) is 31.6 Å². The summed E-state index contributed by atoms with van der Waals surface area (Å²) in [6.45, 7) is 13.6. The Kier molecular flexibility index (Phi) is 7.39. The van der Waals surface area contributed by atoms with Gasteiger partial charge in [-0.15, -0.1) is 0 Å². The van der Waals surface area contributed by atoms with Crippen molar-refractivity contribution in [3.05, 3.63) is 83.6 Å². The molecule has 6 nitrogen and oxygen atoms in total. The molecule has 0 spiro atoms. The number of rotatable bonds is 8. The van der Waals surface area contributed by atoms with Crippen molar-refractivity contribution in [2.45, 2.75) is 52.4 Å². The van der Waals surface area contributed by atoms with Crippen LogP contribution in [0.5, 0.6) is 0 Å². The van der Waals surface area contributed by atoms with Gasteiger partial charge >= 0.3 is 11.9 Å². The van der Waals surface area contributed by atoms with Gasteiger partial charge in [0.05, 0.1) is 12.0 Å². The Labute approximate surface area is 219 Å². The fraction of sp³-hybridized carbons (Fsp3) is 0.387. The average Bonchev–Trinajstić information content (AvgIpc) is 3.19. The minimum Gasteiger partial charge on any atom is -0.464 e. The molecular formula is C31H37N2O4+. The second kappa shape index (κ2) is 10.4. The number of fused-ring (bicyclic) bond motifs is 2. The molecule has 2 heterocycles. The standard InChI is InChI=1S/C31H37N2O4/c1-22(34)36-20-18-32-26-14-9-7-12-24(26)30(3,4)28(32)16-11-17-29-31(5,6)25-13-8-10-15-27(25)33(29)19-21-37-23(2)35/h7-17H,18-21H2,1-6H3/q+1. The zero-order chi connectivity index (χ0) is 26.8. The van der Waals surface area contributed by atoms with Crippen molar-refractivity contribution in [1.29, 1.82) is 0 Å². The first-order valence-corrected chi connectivity index (χ1v) is 12.8. The Balaban J connectivity index is 1.70. The lowest BCUT2D eigenvalue weighted by Crippen LogP contribution is -2.30. The molecule has 2 aromatic carbocycles. The molecule has 6 heteroatoms. The number of para-hydroxylation sites is 2. The number of benzene rings is 2. The fourth-order valence-electron chi connectivity index (χ4n) is 5.56. The maximum atomic E-state index is 11.4. The largest absolute Gasteiger partial charge is 0.464 e. The summed E-state index contributed by atoms with van der Waals surface area (Å²) in [5.74, 6) is -0.545. The molecule has 37 heavy (non-hydrogen) atoms. The van der Waals surface area contributed by atoms with E-state index in [0.29, 0.717) is 26.3 Å². The zero-order valence-corrected chi connectivity index (χ0v) is 22.7. The van der Waals surface area contributed by atoms with E-state index in [1.54, 1.807) is 0 Å². The van der Waals surface area contributed by atoms with Crippen LogP contribution in [0.2, 0.25) is 0 Å².